The molecule has 5 nitrogen and oxygen atoms in total. The Labute approximate surface area is 102 Å². The first-order chi connectivity index (χ1) is 8.06. The van der Waals surface area contributed by atoms with Crippen molar-refractivity contribution in [2.45, 2.75) is 13.3 Å². The van der Waals surface area contributed by atoms with Gasteiger partial charge in [0.25, 0.3) is 5.78 Å². The fraction of sp³-hybridized carbons (Fsp3) is 0.273. The molecule has 0 amide bonds. The van der Waals surface area contributed by atoms with Crippen LogP contribution in [0.3, 0.4) is 0 Å². The van der Waals surface area contributed by atoms with E-state index in [1.807, 2.05) is 0 Å². The highest BCUT2D eigenvalue weighted by Gasteiger charge is 2.28. The predicted molar refractivity (Wildman–Crippen MR) is 58.9 cm³/mol. The number of hydrogen-bond donors (Lipinski definition) is 1. The molecule has 0 bridgehead atoms. The fourth-order valence-corrected chi connectivity index (χ4v) is 2.07. The van der Waals surface area contributed by atoms with Crippen molar-refractivity contribution >= 4 is 23.4 Å². The molecule has 0 atom stereocenters. The maximum absolute atomic E-state index is 11.6. The standard InChI is InChI=1S/C11H9ClO5/c1-2-5-8(9(13)11(14)15)6(12)3-7-10(5)17-4-16-7/h3H,2,4H2,1H3,(H,14,15). The van der Waals surface area contributed by atoms with E-state index in [9.17, 15) is 9.59 Å². The van der Waals surface area contributed by atoms with Crippen molar-refractivity contribution in [1.82, 2.24) is 0 Å². The Kier molecular flexibility index (Phi) is 2.93. The Hall–Kier alpha value is -1.75. The summed E-state index contributed by atoms with van der Waals surface area (Å²) in [7, 11) is 0. The summed E-state index contributed by atoms with van der Waals surface area (Å²) in [6, 6.07) is 1.40. The number of fused-ring (bicyclic) bond motifs is 1. The normalized spacial score (nSPS) is 12.6. The van der Waals surface area contributed by atoms with Gasteiger partial charge in [0.1, 0.15) is 0 Å². The number of halogens is 1. The highest BCUT2D eigenvalue weighted by molar-refractivity contribution is 6.45. The Morgan fingerprint density at radius 1 is 1.47 bits per heavy atom. The molecule has 1 aromatic rings. The number of ether oxygens (including phenoxy) is 2. The first kappa shape index (κ1) is 11.7. The van der Waals surface area contributed by atoms with Gasteiger partial charge in [-0.2, -0.15) is 0 Å². The number of carboxylic acid groups (broad SMARTS) is 1. The third-order valence-corrected chi connectivity index (χ3v) is 2.79. The lowest BCUT2D eigenvalue weighted by molar-refractivity contribution is -0.131. The average molecular weight is 257 g/mol. The van der Waals surface area contributed by atoms with Crippen LogP contribution in [-0.2, 0) is 11.2 Å². The smallest absolute Gasteiger partial charge is 0.377 e. The maximum atomic E-state index is 11.6. The van der Waals surface area contributed by atoms with Gasteiger partial charge < -0.3 is 14.6 Å². The molecule has 0 aromatic heterocycles. The fourth-order valence-electron chi connectivity index (χ4n) is 1.77. The van der Waals surface area contributed by atoms with E-state index in [2.05, 4.69) is 0 Å². The van der Waals surface area contributed by atoms with Crippen molar-refractivity contribution in [3.05, 3.63) is 22.2 Å². The molecule has 1 heterocycles. The van der Waals surface area contributed by atoms with Gasteiger partial charge in [-0.1, -0.05) is 18.5 Å². The first-order valence-corrected chi connectivity index (χ1v) is 5.32. The molecule has 2 rings (SSSR count). The van der Waals surface area contributed by atoms with E-state index in [-0.39, 0.29) is 17.4 Å². The Balaban J connectivity index is 2.66. The molecule has 1 aliphatic heterocycles. The summed E-state index contributed by atoms with van der Waals surface area (Å²) in [5, 5.41) is 8.82. The van der Waals surface area contributed by atoms with Crippen molar-refractivity contribution < 1.29 is 24.2 Å². The lowest BCUT2D eigenvalue weighted by Crippen LogP contribution is -2.15. The molecule has 90 valence electrons. The third kappa shape index (κ3) is 1.82. The number of carbonyl (C=O) groups excluding carboxylic acids is 1. The molecular weight excluding hydrogens is 248 g/mol. The highest BCUT2D eigenvalue weighted by Crippen LogP contribution is 2.41. The third-order valence-electron chi connectivity index (χ3n) is 2.49. The minimum atomic E-state index is -1.54. The van der Waals surface area contributed by atoms with Gasteiger partial charge in [0.15, 0.2) is 11.5 Å². The molecule has 0 saturated heterocycles. The van der Waals surface area contributed by atoms with Gasteiger partial charge in [0.2, 0.25) is 6.79 Å². The van der Waals surface area contributed by atoms with Gasteiger partial charge >= 0.3 is 5.97 Å². The topological polar surface area (TPSA) is 72.8 Å². The Morgan fingerprint density at radius 3 is 2.76 bits per heavy atom. The van der Waals surface area contributed by atoms with E-state index < -0.39 is 11.8 Å². The second kappa shape index (κ2) is 4.25. The lowest BCUT2D eigenvalue weighted by Gasteiger charge is -2.10. The van der Waals surface area contributed by atoms with Gasteiger partial charge in [0, 0.05) is 11.6 Å². The summed E-state index contributed by atoms with van der Waals surface area (Å²) in [6.45, 7) is 1.83. The molecule has 1 N–H and O–H groups in total. The summed E-state index contributed by atoms with van der Waals surface area (Å²) in [5.74, 6) is -1.74. The first-order valence-electron chi connectivity index (χ1n) is 4.94. The number of aliphatic carboxylic acids is 1. The molecule has 0 aliphatic carbocycles. The van der Waals surface area contributed by atoms with Gasteiger partial charge in [-0.05, 0) is 6.42 Å². The maximum Gasteiger partial charge on any atom is 0.377 e. The van der Waals surface area contributed by atoms with Crippen LogP contribution in [0, 0.1) is 0 Å². The highest BCUT2D eigenvalue weighted by atomic mass is 35.5. The number of rotatable bonds is 3. The van der Waals surface area contributed by atoms with E-state index in [1.165, 1.54) is 6.07 Å². The molecule has 0 radical (unpaired) electrons. The summed E-state index contributed by atoms with van der Waals surface area (Å²) in [5.41, 5.74) is 0.448. The molecule has 17 heavy (non-hydrogen) atoms. The van der Waals surface area contributed by atoms with Crippen LogP contribution < -0.4 is 9.47 Å². The van der Waals surface area contributed by atoms with Gasteiger partial charge in [-0.3, -0.25) is 4.79 Å². The molecule has 0 unspecified atom stereocenters. The van der Waals surface area contributed by atoms with E-state index in [0.29, 0.717) is 23.5 Å². The zero-order valence-corrected chi connectivity index (χ0v) is 9.71. The van der Waals surface area contributed by atoms with Gasteiger partial charge in [-0.25, -0.2) is 4.79 Å². The van der Waals surface area contributed by atoms with Crippen molar-refractivity contribution in [3.63, 3.8) is 0 Å². The number of ketones is 1. The van der Waals surface area contributed by atoms with Crippen molar-refractivity contribution in [2.75, 3.05) is 6.79 Å². The number of carboxylic acids is 1. The van der Waals surface area contributed by atoms with Crippen LogP contribution in [0.2, 0.25) is 5.02 Å². The molecule has 6 heteroatoms. The van der Waals surface area contributed by atoms with Crippen LogP contribution in [0.25, 0.3) is 0 Å². The minimum absolute atomic E-state index is 0.0223. The monoisotopic (exact) mass is 256 g/mol. The summed E-state index contributed by atoms with van der Waals surface area (Å²) in [6.07, 6.45) is 0.431. The summed E-state index contributed by atoms with van der Waals surface area (Å²) < 4.78 is 10.4. The zero-order valence-electron chi connectivity index (χ0n) is 8.95. The lowest BCUT2D eigenvalue weighted by atomic mass is 9.99. The molecule has 0 fully saturated rings. The van der Waals surface area contributed by atoms with Gasteiger partial charge in [-0.15, -0.1) is 0 Å². The van der Waals surface area contributed by atoms with E-state index in [0.717, 1.165) is 0 Å². The molecular formula is C11H9ClO5. The van der Waals surface area contributed by atoms with Crippen LogP contribution in [0.1, 0.15) is 22.8 Å². The minimum Gasteiger partial charge on any atom is -0.475 e. The Morgan fingerprint density at radius 2 is 2.18 bits per heavy atom. The van der Waals surface area contributed by atoms with Crippen molar-refractivity contribution in [3.8, 4) is 11.5 Å². The van der Waals surface area contributed by atoms with E-state index in [4.69, 9.17) is 26.2 Å². The van der Waals surface area contributed by atoms with Crippen molar-refractivity contribution in [2.24, 2.45) is 0 Å². The van der Waals surface area contributed by atoms with Crippen molar-refractivity contribution in [1.29, 1.82) is 0 Å². The molecule has 1 aromatic carbocycles. The zero-order chi connectivity index (χ0) is 12.6. The van der Waals surface area contributed by atoms with Crippen LogP contribution in [0.5, 0.6) is 11.5 Å². The second-order valence-corrected chi connectivity index (χ2v) is 3.84. The molecule has 0 spiro atoms. The van der Waals surface area contributed by atoms with Crippen LogP contribution in [-0.4, -0.2) is 23.7 Å². The summed E-state index contributed by atoms with van der Waals surface area (Å²) in [4.78, 5) is 22.3. The number of carbonyl (C=O) groups is 2. The SMILES string of the molecule is CCc1c2c(cc(Cl)c1C(=O)C(=O)O)OCO2. The number of hydrogen-bond acceptors (Lipinski definition) is 4. The predicted octanol–water partition coefficient (Wildman–Crippen LogP) is 1.90. The van der Waals surface area contributed by atoms with Crippen LogP contribution in [0.4, 0.5) is 0 Å². The van der Waals surface area contributed by atoms with E-state index in [1.54, 1.807) is 6.92 Å². The average Bonchev–Trinajstić information content (AvgIpc) is 2.73. The quantitative estimate of drug-likeness (QED) is 0.660. The Bertz CT molecular complexity index is 509. The number of Topliss-reactive ketones (excluding diaryl/α,β-unsaturated/α-hetero) is 1. The number of benzene rings is 1. The van der Waals surface area contributed by atoms with Crippen LogP contribution in [0.15, 0.2) is 6.07 Å². The van der Waals surface area contributed by atoms with E-state index >= 15 is 0 Å². The summed E-state index contributed by atoms with van der Waals surface area (Å²) >= 11 is 5.91. The van der Waals surface area contributed by atoms with Crippen LogP contribution >= 0.6 is 11.6 Å². The van der Waals surface area contributed by atoms with Gasteiger partial charge in [0.05, 0.1) is 10.6 Å². The second-order valence-electron chi connectivity index (χ2n) is 3.43. The molecule has 1 aliphatic rings. The molecule has 0 saturated carbocycles. The largest absolute Gasteiger partial charge is 0.475 e.